The summed E-state index contributed by atoms with van der Waals surface area (Å²) in [6.07, 6.45) is 6.51. The zero-order chi connectivity index (χ0) is 15.6. The Hall–Kier alpha value is -0.320. The minimum atomic E-state index is 0. The fourth-order valence-corrected chi connectivity index (χ4v) is 4.83. The number of morpholine rings is 1. The first-order valence-corrected chi connectivity index (χ1v) is 9.50. The Kier molecular flexibility index (Phi) is 6.44. The predicted octanol–water partition coefficient (Wildman–Crippen LogP) is 3.75. The lowest BCUT2D eigenvalue weighted by Gasteiger charge is -2.41. The lowest BCUT2D eigenvalue weighted by Crippen LogP contribution is -2.54. The van der Waals surface area contributed by atoms with Gasteiger partial charge in [0.25, 0.3) is 0 Å². The van der Waals surface area contributed by atoms with Gasteiger partial charge in [0.05, 0.1) is 13.2 Å². The molecule has 0 spiro atoms. The first-order valence-electron chi connectivity index (χ1n) is 9.12. The Labute approximate surface area is 156 Å². The quantitative estimate of drug-likeness (QED) is 0.846. The molecular weight excluding hydrogens is 343 g/mol. The molecule has 2 N–H and O–H groups in total. The molecule has 0 aromatic heterocycles. The topological polar surface area (TPSA) is 33.3 Å². The maximum absolute atomic E-state index is 6.11. The van der Waals surface area contributed by atoms with Crippen molar-refractivity contribution >= 4 is 24.0 Å². The average Bonchev–Trinajstić information content (AvgIpc) is 2.99. The first kappa shape index (κ1) is 18.5. The van der Waals surface area contributed by atoms with Gasteiger partial charge in [-0.25, -0.2) is 0 Å². The van der Waals surface area contributed by atoms with E-state index in [0.717, 1.165) is 30.7 Å². The molecule has 5 heteroatoms. The Bertz CT molecular complexity index is 530. The minimum absolute atomic E-state index is 0. The molecule has 2 saturated carbocycles. The third kappa shape index (κ3) is 4.08. The van der Waals surface area contributed by atoms with Crippen LogP contribution in [0.4, 0.5) is 0 Å². The van der Waals surface area contributed by atoms with Crippen molar-refractivity contribution in [1.29, 1.82) is 0 Å². The van der Waals surface area contributed by atoms with Crippen molar-refractivity contribution in [3.8, 4) is 0 Å². The molecule has 0 bridgehead atoms. The summed E-state index contributed by atoms with van der Waals surface area (Å²) in [4.78, 5) is 0. The van der Waals surface area contributed by atoms with Gasteiger partial charge in [-0.2, -0.15) is 0 Å². The summed E-state index contributed by atoms with van der Waals surface area (Å²) >= 11 is 6.11. The van der Waals surface area contributed by atoms with E-state index in [1.807, 2.05) is 6.07 Å². The van der Waals surface area contributed by atoms with Gasteiger partial charge in [-0.1, -0.05) is 30.2 Å². The van der Waals surface area contributed by atoms with Gasteiger partial charge in [-0.15, -0.1) is 12.4 Å². The Morgan fingerprint density at radius 3 is 2.83 bits per heavy atom. The third-order valence-electron chi connectivity index (χ3n) is 5.94. The van der Waals surface area contributed by atoms with E-state index in [1.165, 1.54) is 37.7 Å². The maximum atomic E-state index is 6.11. The van der Waals surface area contributed by atoms with Crippen LogP contribution in [-0.4, -0.2) is 37.9 Å². The molecule has 1 heterocycles. The zero-order valence-electron chi connectivity index (χ0n) is 14.0. The van der Waals surface area contributed by atoms with Crippen LogP contribution in [0.5, 0.6) is 0 Å². The molecular formula is C19H28Cl2N2O. The smallest absolute Gasteiger partial charge is 0.0623 e. The van der Waals surface area contributed by atoms with Gasteiger partial charge in [0.2, 0.25) is 0 Å². The van der Waals surface area contributed by atoms with Crippen molar-refractivity contribution in [2.45, 2.75) is 56.1 Å². The second-order valence-corrected chi connectivity index (χ2v) is 7.86. The van der Waals surface area contributed by atoms with E-state index in [-0.39, 0.29) is 12.4 Å². The molecule has 2 aliphatic carbocycles. The number of benzene rings is 1. The fraction of sp³-hybridized carbons (Fsp3) is 0.684. The molecule has 3 nitrogen and oxygen atoms in total. The monoisotopic (exact) mass is 370 g/mol. The third-order valence-corrected chi connectivity index (χ3v) is 6.18. The number of rotatable bonds is 4. The van der Waals surface area contributed by atoms with E-state index in [4.69, 9.17) is 16.3 Å². The van der Waals surface area contributed by atoms with E-state index < -0.39 is 0 Å². The summed E-state index contributed by atoms with van der Waals surface area (Å²) in [5.74, 6) is 1.42. The highest BCUT2D eigenvalue weighted by Gasteiger charge is 2.38. The highest BCUT2D eigenvalue weighted by atomic mass is 35.5. The summed E-state index contributed by atoms with van der Waals surface area (Å²) in [5.41, 5.74) is 1.40. The van der Waals surface area contributed by atoms with Crippen LogP contribution >= 0.6 is 24.0 Å². The summed E-state index contributed by atoms with van der Waals surface area (Å²) < 4.78 is 5.67. The Balaban J connectivity index is 0.00000169. The summed E-state index contributed by atoms with van der Waals surface area (Å²) in [6, 6.07) is 10.3. The SMILES string of the molecule is Cl.Clc1cccc(C2CC(NC3CCCC3C3COCCN3)C2)c1. The summed E-state index contributed by atoms with van der Waals surface area (Å²) in [6.45, 7) is 2.76. The molecule has 3 fully saturated rings. The first-order chi connectivity index (χ1) is 11.3. The van der Waals surface area contributed by atoms with Crippen LogP contribution in [0.15, 0.2) is 24.3 Å². The van der Waals surface area contributed by atoms with Gasteiger partial charge in [-0.05, 0) is 55.2 Å². The molecule has 134 valence electrons. The Morgan fingerprint density at radius 2 is 2.08 bits per heavy atom. The van der Waals surface area contributed by atoms with E-state index in [2.05, 4.69) is 28.8 Å². The van der Waals surface area contributed by atoms with Crippen LogP contribution in [0.25, 0.3) is 0 Å². The summed E-state index contributed by atoms with van der Waals surface area (Å²) in [5, 5.41) is 8.47. The van der Waals surface area contributed by atoms with Crippen LogP contribution in [0, 0.1) is 5.92 Å². The van der Waals surface area contributed by atoms with Gasteiger partial charge < -0.3 is 15.4 Å². The molecule has 1 aliphatic heterocycles. The number of halogens is 2. The number of hydrogen-bond donors (Lipinski definition) is 2. The predicted molar refractivity (Wildman–Crippen MR) is 101 cm³/mol. The number of nitrogens with one attached hydrogen (secondary N) is 2. The van der Waals surface area contributed by atoms with Crippen LogP contribution in [0.2, 0.25) is 5.02 Å². The van der Waals surface area contributed by atoms with Crippen LogP contribution < -0.4 is 10.6 Å². The number of hydrogen-bond acceptors (Lipinski definition) is 3. The van der Waals surface area contributed by atoms with Crippen molar-refractivity contribution < 1.29 is 4.74 Å². The zero-order valence-corrected chi connectivity index (χ0v) is 15.6. The minimum Gasteiger partial charge on any atom is -0.379 e. The molecule has 1 aromatic carbocycles. The fourth-order valence-electron chi connectivity index (χ4n) is 4.63. The van der Waals surface area contributed by atoms with Crippen LogP contribution in [0.1, 0.15) is 43.6 Å². The second kappa shape index (κ2) is 8.37. The molecule has 3 unspecified atom stereocenters. The van der Waals surface area contributed by atoms with Gasteiger partial charge in [-0.3, -0.25) is 0 Å². The second-order valence-electron chi connectivity index (χ2n) is 7.42. The van der Waals surface area contributed by atoms with Gasteiger partial charge in [0.1, 0.15) is 0 Å². The molecule has 24 heavy (non-hydrogen) atoms. The Morgan fingerprint density at radius 1 is 1.21 bits per heavy atom. The van der Waals surface area contributed by atoms with E-state index >= 15 is 0 Å². The van der Waals surface area contributed by atoms with E-state index in [0.29, 0.717) is 24.0 Å². The average molecular weight is 371 g/mol. The normalized spacial score (nSPS) is 36.0. The van der Waals surface area contributed by atoms with Gasteiger partial charge >= 0.3 is 0 Å². The number of ether oxygens (including phenoxy) is 1. The standard InChI is InChI=1S/C19H27ClN2O.ClH/c20-15-4-1-3-13(9-15)14-10-16(11-14)22-18-6-2-5-17(18)19-12-23-8-7-21-19;/h1,3-4,9,14,16-19,21-22H,2,5-8,10-12H2;1H. The van der Waals surface area contributed by atoms with Gasteiger partial charge in [0.15, 0.2) is 0 Å². The van der Waals surface area contributed by atoms with Crippen molar-refractivity contribution in [3.63, 3.8) is 0 Å². The van der Waals surface area contributed by atoms with E-state index in [9.17, 15) is 0 Å². The van der Waals surface area contributed by atoms with Gasteiger partial charge in [0, 0.05) is 29.7 Å². The molecule has 4 rings (SSSR count). The molecule has 1 saturated heterocycles. The van der Waals surface area contributed by atoms with Crippen LogP contribution in [-0.2, 0) is 4.74 Å². The molecule has 0 radical (unpaired) electrons. The van der Waals surface area contributed by atoms with Crippen molar-refractivity contribution in [2.24, 2.45) is 5.92 Å². The summed E-state index contributed by atoms with van der Waals surface area (Å²) in [7, 11) is 0. The molecule has 3 atom stereocenters. The molecule has 1 aromatic rings. The molecule has 3 aliphatic rings. The van der Waals surface area contributed by atoms with Crippen LogP contribution in [0.3, 0.4) is 0 Å². The van der Waals surface area contributed by atoms with Crippen molar-refractivity contribution in [3.05, 3.63) is 34.9 Å². The molecule has 0 amide bonds. The van der Waals surface area contributed by atoms with Crippen molar-refractivity contribution in [1.82, 2.24) is 10.6 Å². The lowest BCUT2D eigenvalue weighted by molar-refractivity contribution is 0.0503. The van der Waals surface area contributed by atoms with Crippen molar-refractivity contribution in [2.75, 3.05) is 19.8 Å². The highest BCUT2D eigenvalue weighted by molar-refractivity contribution is 6.30. The van der Waals surface area contributed by atoms with E-state index in [1.54, 1.807) is 0 Å². The lowest BCUT2D eigenvalue weighted by atomic mass is 9.75. The maximum Gasteiger partial charge on any atom is 0.0623 e. The largest absolute Gasteiger partial charge is 0.379 e. The highest BCUT2D eigenvalue weighted by Crippen LogP contribution is 2.39.